The number of piperazine rings is 1. The minimum absolute atomic E-state index is 0.00712. The maximum Gasteiger partial charge on any atom is 0.329 e. The van der Waals surface area contributed by atoms with Gasteiger partial charge in [0.15, 0.2) is 0 Å². The summed E-state index contributed by atoms with van der Waals surface area (Å²) in [5.74, 6) is 0.848. The zero-order valence-corrected chi connectivity index (χ0v) is 16.6. The van der Waals surface area contributed by atoms with Crippen LogP contribution in [-0.2, 0) is 0 Å². The van der Waals surface area contributed by atoms with E-state index in [1.165, 1.54) is 0 Å². The second-order valence-corrected chi connectivity index (χ2v) is 6.96. The van der Waals surface area contributed by atoms with E-state index < -0.39 is 0 Å². The van der Waals surface area contributed by atoms with Gasteiger partial charge in [-0.25, -0.2) is 4.79 Å². The first kappa shape index (κ1) is 18.9. The van der Waals surface area contributed by atoms with Crippen LogP contribution in [-0.4, -0.2) is 44.2 Å². The Morgan fingerprint density at radius 2 is 1.38 bits per heavy atom. The predicted octanol–water partition coefficient (Wildman–Crippen LogP) is 4.78. The van der Waals surface area contributed by atoms with Crippen LogP contribution in [0.3, 0.4) is 0 Å². The molecule has 0 spiro atoms. The van der Waals surface area contributed by atoms with Gasteiger partial charge in [0.05, 0.1) is 18.5 Å². The van der Waals surface area contributed by atoms with Crippen LogP contribution in [0.5, 0.6) is 5.75 Å². The van der Waals surface area contributed by atoms with Crippen molar-refractivity contribution >= 4 is 23.1 Å². The molecular weight excluding hydrogens is 362 g/mol. The first-order chi connectivity index (χ1) is 14.3. The van der Waals surface area contributed by atoms with Crippen LogP contribution in [0.2, 0.25) is 0 Å². The predicted molar refractivity (Wildman–Crippen MR) is 117 cm³/mol. The van der Waals surface area contributed by atoms with Crippen molar-refractivity contribution in [1.29, 1.82) is 0 Å². The smallest absolute Gasteiger partial charge is 0.329 e. The lowest BCUT2D eigenvalue weighted by molar-refractivity contribution is 0.203. The minimum Gasteiger partial charge on any atom is -0.497 e. The van der Waals surface area contributed by atoms with Gasteiger partial charge in [-0.3, -0.25) is 4.90 Å². The van der Waals surface area contributed by atoms with E-state index in [9.17, 15) is 4.79 Å². The van der Waals surface area contributed by atoms with Gasteiger partial charge in [0, 0.05) is 37.9 Å². The molecule has 0 aliphatic carbocycles. The molecule has 0 aromatic heterocycles. The van der Waals surface area contributed by atoms with Crippen molar-refractivity contribution in [2.24, 2.45) is 0 Å². The lowest BCUT2D eigenvalue weighted by Crippen LogP contribution is -2.52. The molecule has 148 valence electrons. The van der Waals surface area contributed by atoms with E-state index in [4.69, 9.17) is 4.74 Å². The molecular formula is C24H25N3O2. The van der Waals surface area contributed by atoms with Gasteiger partial charge < -0.3 is 14.5 Å². The molecule has 0 saturated carbocycles. The number of rotatable bonds is 4. The quantitative estimate of drug-likeness (QED) is 0.647. The van der Waals surface area contributed by atoms with Gasteiger partial charge in [0.1, 0.15) is 5.75 Å². The Hall–Kier alpha value is -3.47. The Kier molecular flexibility index (Phi) is 5.66. The number of hydrogen-bond donors (Lipinski definition) is 0. The molecule has 5 heteroatoms. The number of anilines is 3. The highest BCUT2D eigenvalue weighted by atomic mass is 16.5. The second kappa shape index (κ2) is 8.69. The van der Waals surface area contributed by atoms with Crippen LogP contribution < -0.4 is 14.5 Å². The van der Waals surface area contributed by atoms with E-state index in [1.807, 2.05) is 83.8 Å². The van der Waals surface area contributed by atoms with E-state index in [0.29, 0.717) is 13.1 Å². The van der Waals surface area contributed by atoms with E-state index >= 15 is 0 Å². The van der Waals surface area contributed by atoms with E-state index in [-0.39, 0.29) is 6.03 Å². The molecule has 0 N–H and O–H groups in total. The van der Waals surface area contributed by atoms with Crippen molar-refractivity contribution in [3.05, 3.63) is 84.9 Å². The Bertz CT molecular complexity index is 899. The second-order valence-electron chi connectivity index (χ2n) is 6.96. The maximum absolute atomic E-state index is 13.5. The fourth-order valence-corrected chi connectivity index (χ4v) is 3.63. The molecule has 1 fully saturated rings. The zero-order chi connectivity index (χ0) is 20.1. The number of methoxy groups -OCH3 is 1. The van der Waals surface area contributed by atoms with Crippen LogP contribution in [0.1, 0.15) is 0 Å². The van der Waals surface area contributed by atoms with Gasteiger partial charge in [0.2, 0.25) is 0 Å². The monoisotopic (exact) mass is 387 g/mol. The van der Waals surface area contributed by atoms with Gasteiger partial charge in [-0.05, 0) is 36.4 Å². The fourth-order valence-electron chi connectivity index (χ4n) is 3.63. The summed E-state index contributed by atoms with van der Waals surface area (Å²) in [6.07, 6.45) is 0. The van der Waals surface area contributed by atoms with E-state index in [1.54, 1.807) is 12.0 Å². The van der Waals surface area contributed by atoms with Crippen LogP contribution in [0.25, 0.3) is 0 Å². The van der Waals surface area contributed by atoms with Gasteiger partial charge in [-0.2, -0.15) is 0 Å². The summed E-state index contributed by atoms with van der Waals surface area (Å²) in [6.45, 7) is 2.92. The van der Waals surface area contributed by atoms with Crippen molar-refractivity contribution < 1.29 is 9.53 Å². The molecule has 0 atom stereocenters. The fraction of sp³-hybridized carbons (Fsp3) is 0.208. The van der Waals surface area contributed by atoms with Crippen LogP contribution in [0, 0.1) is 0 Å². The lowest BCUT2D eigenvalue weighted by atomic mass is 10.2. The van der Waals surface area contributed by atoms with Crippen LogP contribution in [0.15, 0.2) is 84.9 Å². The molecule has 0 radical (unpaired) electrons. The maximum atomic E-state index is 13.5. The molecule has 1 aliphatic heterocycles. The Morgan fingerprint density at radius 1 is 0.793 bits per heavy atom. The molecule has 3 aromatic rings. The summed E-state index contributed by atoms with van der Waals surface area (Å²) in [5, 5.41) is 0. The number of amides is 2. The highest BCUT2D eigenvalue weighted by Crippen LogP contribution is 2.28. The topological polar surface area (TPSA) is 36.0 Å². The normalized spacial score (nSPS) is 13.8. The standard InChI is InChI=1S/C24H25N3O2/c1-29-23-14-8-13-22(19-23)25-15-17-26(18-16-25)24(28)27(20-9-4-2-5-10-20)21-11-6-3-7-12-21/h2-14,19H,15-18H2,1H3. The Balaban J connectivity index is 1.51. The summed E-state index contributed by atoms with van der Waals surface area (Å²) in [5.41, 5.74) is 2.87. The number of hydrogen-bond acceptors (Lipinski definition) is 3. The third-order valence-electron chi connectivity index (χ3n) is 5.19. The van der Waals surface area contributed by atoms with Crippen molar-refractivity contribution in [1.82, 2.24) is 4.90 Å². The van der Waals surface area contributed by atoms with Gasteiger partial charge in [-0.1, -0.05) is 42.5 Å². The van der Waals surface area contributed by atoms with Crippen LogP contribution in [0.4, 0.5) is 21.9 Å². The highest BCUT2D eigenvalue weighted by molar-refractivity contribution is 5.99. The molecule has 1 saturated heterocycles. The molecule has 5 nitrogen and oxygen atoms in total. The minimum atomic E-state index is 0.00712. The summed E-state index contributed by atoms with van der Waals surface area (Å²) in [4.78, 5) is 19.5. The number of urea groups is 1. The molecule has 2 amide bonds. The number of carbonyl (C=O) groups excluding carboxylic acids is 1. The zero-order valence-electron chi connectivity index (χ0n) is 16.6. The van der Waals surface area contributed by atoms with Crippen molar-refractivity contribution in [2.45, 2.75) is 0 Å². The molecule has 0 bridgehead atoms. The Labute approximate surface area is 171 Å². The lowest BCUT2D eigenvalue weighted by Gasteiger charge is -2.38. The number of carbonyl (C=O) groups is 1. The molecule has 29 heavy (non-hydrogen) atoms. The van der Waals surface area contributed by atoms with Gasteiger partial charge in [0.25, 0.3) is 0 Å². The SMILES string of the molecule is COc1cccc(N2CCN(C(=O)N(c3ccccc3)c3ccccc3)CC2)c1. The molecule has 3 aromatic carbocycles. The number of benzene rings is 3. The van der Waals surface area contributed by atoms with Crippen molar-refractivity contribution in [2.75, 3.05) is 43.1 Å². The average Bonchev–Trinajstić information content (AvgIpc) is 2.81. The molecule has 1 heterocycles. The number of ether oxygens (including phenoxy) is 1. The third-order valence-corrected chi connectivity index (χ3v) is 5.19. The van der Waals surface area contributed by atoms with E-state index in [2.05, 4.69) is 11.0 Å². The molecule has 4 rings (SSSR count). The Morgan fingerprint density at radius 3 is 1.93 bits per heavy atom. The van der Waals surface area contributed by atoms with Crippen molar-refractivity contribution in [3.63, 3.8) is 0 Å². The molecule has 0 unspecified atom stereocenters. The molecule has 1 aliphatic rings. The third kappa shape index (κ3) is 4.19. The van der Waals surface area contributed by atoms with E-state index in [0.717, 1.165) is 35.9 Å². The highest BCUT2D eigenvalue weighted by Gasteiger charge is 2.27. The summed E-state index contributed by atoms with van der Waals surface area (Å²) in [6, 6.07) is 27.7. The number of nitrogens with zero attached hydrogens (tertiary/aromatic N) is 3. The largest absolute Gasteiger partial charge is 0.497 e. The van der Waals surface area contributed by atoms with Gasteiger partial charge in [-0.15, -0.1) is 0 Å². The first-order valence-corrected chi connectivity index (χ1v) is 9.84. The van der Waals surface area contributed by atoms with Crippen LogP contribution >= 0.6 is 0 Å². The summed E-state index contributed by atoms with van der Waals surface area (Å²) >= 11 is 0. The van der Waals surface area contributed by atoms with Crippen molar-refractivity contribution in [3.8, 4) is 5.75 Å². The summed E-state index contributed by atoms with van der Waals surface area (Å²) in [7, 11) is 1.68. The average molecular weight is 387 g/mol. The summed E-state index contributed by atoms with van der Waals surface area (Å²) < 4.78 is 5.34. The number of para-hydroxylation sites is 2. The van der Waals surface area contributed by atoms with Gasteiger partial charge >= 0.3 is 6.03 Å². The first-order valence-electron chi connectivity index (χ1n) is 9.84.